The molecule has 4 heteroatoms. The Morgan fingerprint density at radius 2 is 1.41 bits per heavy atom. The SMILES string of the molecule is O=C(COc1ccccc1O)NCCC(c1ccccc1)c1ccccc1. The number of carbonyl (C=O) groups excluding carboxylic acids is 1. The highest BCUT2D eigenvalue weighted by Crippen LogP contribution is 2.27. The van der Waals surface area contributed by atoms with Crippen molar-refractivity contribution < 1.29 is 14.6 Å². The number of hydrogen-bond acceptors (Lipinski definition) is 3. The second-order valence-corrected chi connectivity index (χ2v) is 6.27. The third-order valence-electron chi connectivity index (χ3n) is 4.38. The molecular formula is C23H23NO3. The molecule has 3 rings (SSSR count). The van der Waals surface area contributed by atoms with Crippen LogP contribution in [0.4, 0.5) is 0 Å². The predicted molar refractivity (Wildman–Crippen MR) is 106 cm³/mol. The Bertz CT molecular complexity index is 810. The molecule has 0 saturated heterocycles. The van der Waals surface area contributed by atoms with Crippen LogP contribution in [0.15, 0.2) is 84.9 Å². The van der Waals surface area contributed by atoms with Crippen LogP contribution in [0, 0.1) is 0 Å². The number of aromatic hydroxyl groups is 1. The topological polar surface area (TPSA) is 58.6 Å². The van der Waals surface area contributed by atoms with Gasteiger partial charge in [0.2, 0.25) is 0 Å². The lowest BCUT2D eigenvalue weighted by Gasteiger charge is -2.18. The molecule has 0 atom stereocenters. The molecule has 27 heavy (non-hydrogen) atoms. The summed E-state index contributed by atoms with van der Waals surface area (Å²) in [7, 11) is 0. The van der Waals surface area contributed by atoms with Crippen molar-refractivity contribution in [3.05, 3.63) is 96.1 Å². The van der Waals surface area contributed by atoms with Crippen LogP contribution in [0.3, 0.4) is 0 Å². The lowest BCUT2D eigenvalue weighted by Crippen LogP contribution is -2.30. The third kappa shape index (κ3) is 5.35. The largest absolute Gasteiger partial charge is 0.504 e. The van der Waals surface area contributed by atoms with Gasteiger partial charge in [0.05, 0.1) is 0 Å². The standard InChI is InChI=1S/C23H23NO3/c25-21-13-7-8-14-22(21)27-17-23(26)24-16-15-20(18-9-3-1-4-10-18)19-11-5-2-6-12-19/h1-14,20,25H,15-17H2,(H,24,26). The Morgan fingerprint density at radius 1 is 0.852 bits per heavy atom. The van der Waals surface area contributed by atoms with E-state index in [0.29, 0.717) is 12.3 Å². The predicted octanol–water partition coefficient (Wildman–Crippen LogP) is 4.11. The van der Waals surface area contributed by atoms with E-state index in [2.05, 4.69) is 29.6 Å². The van der Waals surface area contributed by atoms with E-state index in [1.54, 1.807) is 18.2 Å². The van der Waals surface area contributed by atoms with E-state index < -0.39 is 0 Å². The molecular weight excluding hydrogens is 338 g/mol. The maximum absolute atomic E-state index is 12.1. The van der Waals surface area contributed by atoms with Crippen molar-refractivity contribution >= 4 is 5.91 Å². The summed E-state index contributed by atoms with van der Waals surface area (Å²) in [6.07, 6.45) is 0.788. The van der Waals surface area contributed by atoms with Crippen LogP contribution in [-0.2, 0) is 4.79 Å². The van der Waals surface area contributed by atoms with Crippen molar-refractivity contribution in [3.63, 3.8) is 0 Å². The van der Waals surface area contributed by atoms with Gasteiger partial charge in [-0.2, -0.15) is 0 Å². The van der Waals surface area contributed by atoms with Crippen LogP contribution >= 0.6 is 0 Å². The maximum atomic E-state index is 12.1. The van der Waals surface area contributed by atoms with Crippen molar-refractivity contribution in [1.82, 2.24) is 5.32 Å². The lowest BCUT2D eigenvalue weighted by atomic mass is 9.88. The Labute approximate surface area is 159 Å². The summed E-state index contributed by atoms with van der Waals surface area (Å²) in [4.78, 5) is 12.1. The van der Waals surface area contributed by atoms with Gasteiger partial charge in [-0.15, -0.1) is 0 Å². The number of phenols is 1. The highest BCUT2D eigenvalue weighted by Gasteiger charge is 2.14. The first-order valence-corrected chi connectivity index (χ1v) is 9.01. The fraction of sp³-hybridized carbons (Fsp3) is 0.174. The summed E-state index contributed by atoms with van der Waals surface area (Å²) in [6.45, 7) is 0.413. The maximum Gasteiger partial charge on any atom is 0.257 e. The fourth-order valence-electron chi connectivity index (χ4n) is 3.03. The minimum atomic E-state index is -0.210. The van der Waals surface area contributed by atoms with Crippen molar-refractivity contribution in [2.45, 2.75) is 12.3 Å². The molecule has 1 amide bonds. The summed E-state index contributed by atoms with van der Waals surface area (Å²) in [5, 5.41) is 12.6. The number of rotatable bonds is 8. The van der Waals surface area contributed by atoms with Gasteiger partial charge in [-0.05, 0) is 29.7 Å². The van der Waals surface area contributed by atoms with Crippen molar-refractivity contribution in [1.29, 1.82) is 0 Å². The summed E-state index contributed by atoms with van der Waals surface area (Å²) in [5.41, 5.74) is 2.45. The summed E-state index contributed by atoms with van der Waals surface area (Å²) < 4.78 is 5.36. The second kappa shape index (κ2) is 9.43. The number of benzene rings is 3. The first-order chi connectivity index (χ1) is 13.2. The van der Waals surface area contributed by atoms with Crippen LogP contribution < -0.4 is 10.1 Å². The van der Waals surface area contributed by atoms with Gasteiger partial charge in [-0.1, -0.05) is 72.8 Å². The van der Waals surface area contributed by atoms with E-state index in [0.717, 1.165) is 6.42 Å². The van der Waals surface area contributed by atoms with Crippen LogP contribution in [0.25, 0.3) is 0 Å². The van der Waals surface area contributed by atoms with Gasteiger partial charge in [0, 0.05) is 12.5 Å². The molecule has 0 aliphatic carbocycles. The van der Waals surface area contributed by atoms with Crippen molar-refractivity contribution in [3.8, 4) is 11.5 Å². The average Bonchev–Trinajstić information content (AvgIpc) is 2.72. The number of ether oxygens (including phenoxy) is 1. The van der Waals surface area contributed by atoms with Gasteiger partial charge in [0.1, 0.15) is 0 Å². The van der Waals surface area contributed by atoms with Gasteiger partial charge < -0.3 is 15.2 Å². The molecule has 0 aliphatic heterocycles. The van der Waals surface area contributed by atoms with Crippen LogP contribution in [0.5, 0.6) is 11.5 Å². The van der Waals surface area contributed by atoms with E-state index in [9.17, 15) is 9.90 Å². The van der Waals surface area contributed by atoms with Gasteiger partial charge in [0.15, 0.2) is 18.1 Å². The summed E-state index contributed by atoms with van der Waals surface area (Å²) in [6, 6.07) is 27.2. The molecule has 2 N–H and O–H groups in total. The molecule has 138 valence electrons. The number of para-hydroxylation sites is 2. The molecule has 0 bridgehead atoms. The molecule has 0 saturated carbocycles. The molecule has 0 heterocycles. The Kier molecular flexibility index (Phi) is 6.47. The van der Waals surface area contributed by atoms with E-state index >= 15 is 0 Å². The van der Waals surface area contributed by atoms with Gasteiger partial charge >= 0.3 is 0 Å². The fourth-order valence-corrected chi connectivity index (χ4v) is 3.03. The Balaban J connectivity index is 1.55. The number of phenolic OH excluding ortho intramolecular Hbond substituents is 1. The normalized spacial score (nSPS) is 10.6. The van der Waals surface area contributed by atoms with Crippen LogP contribution in [0.2, 0.25) is 0 Å². The number of carbonyl (C=O) groups is 1. The highest BCUT2D eigenvalue weighted by atomic mass is 16.5. The lowest BCUT2D eigenvalue weighted by molar-refractivity contribution is -0.123. The minimum Gasteiger partial charge on any atom is -0.504 e. The number of amides is 1. The van der Waals surface area contributed by atoms with Gasteiger partial charge in [-0.3, -0.25) is 4.79 Å². The Morgan fingerprint density at radius 3 is 2.00 bits per heavy atom. The molecule has 0 aliphatic rings. The molecule has 3 aromatic carbocycles. The van der Waals surface area contributed by atoms with Crippen molar-refractivity contribution in [2.24, 2.45) is 0 Å². The zero-order valence-corrected chi connectivity index (χ0v) is 15.0. The van der Waals surface area contributed by atoms with E-state index in [1.807, 2.05) is 36.4 Å². The zero-order valence-electron chi connectivity index (χ0n) is 15.0. The first kappa shape index (κ1) is 18.5. The second-order valence-electron chi connectivity index (χ2n) is 6.27. The summed E-state index contributed by atoms with van der Waals surface area (Å²) in [5.74, 6) is 0.336. The summed E-state index contributed by atoms with van der Waals surface area (Å²) >= 11 is 0. The van der Waals surface area contributed by atoms with E-state index in [-0.39, 0.29) is 24.2 Å². The molecule has 0 unspecified atom stereocenters. The molecule has 0 spiro atoms. The van der Waals surface area contributed by atoms with E-state index in [1.165, 1.54) is 17.2 Å². The minimum absolute atomic E-state index is 0.0264. The van der Waals surface area contributed by atoms with Crippen LogP contribution in [0.1, 0.15) is 23.5 Å². The van der Waals surface area contributed by atoms with Crippen molar-refractivity contribution in [2.75, 3.05) is 13.2 Å². The molecule has 0 fully saturated rings. The Hall–Kier alpha value is -3.27. The molecule has 0 radical (unpaired) electrons. The van der Waals surface area contributed by atoms with E-state index in [4.69, 9.17) is 4.74 Å². The highest BCUT2D eigenvalue weighted by molar-refractivity contribution is 5.77. The third-order valence-corrected chi connectivity index (χ3v) is 4.38. The molecule has 3 aromatic rings. The van der Waals surface area contributed by atoms with Gasteiger partial charge in [0.25, 0.3) is 5.91 Å². The monoisotopic (exact) mass is 361 g/mol. The molecule has 4 nitrogen and oxygen atoms in total. The first-order valence-electron chi connectivity index (χ1n) is 9.01. The zero-order chi connectivity index (χ0) is 18.9. The average molecular weight is 361 g/mol. The number of hydrogen-bond donors (Lipinski definition) is 2. The van der Waals surface area contributed by atoms with Gasteiger partial charge in [-0.25, -0.2) is 0 Å². The smallest absolute Gasteiger partial charge is 0.257 e. The molecule has 0 aromatic heterocycles. The van der Waals surface area contributed by atoms with Crippen LogP contribution in [-0.4, -0.2) is 24.2 Å². The number of nitrogens with one attached hydrogen (secondary N) is 1. The quantitative estimate of drug-likeness (QED) is 0.635.